The fourth-order valence-corrected chi connectivity index (χ4v) is 3.86. The third-order valence-corrected chi connectivity index (χ3v) is 5.48. The molecule has 0 saturated heterocycles. The number of hydrogen-bond donors (Lipinski definition) is 1. The summed E-state index contributed by atoms with van der Waals surface area (Å²) in [5.74, 6) is -0.404. The number of benzene rings is 3. The molecule has 1 N–H and O–H groups in total. The van der Waals surface area contributed by atoms with Crippen molar-refractivity contribution in [1.29, 1.82) is 0 Å². The third-order valence-electron chi connectivity index (χ3n) is 5.18. The summed E-state index contributed by atoms with van der Waals surface area (Å²) in [6.07, 6.45) is 3.82. The van der Waals surface area contributed by atoms with Crippen molar-refractivity contribution in [1.82, 2.24) is 5.32 Å². The van der Waals surface area contributed by atoms with Crippen molar-refractivity contribution in [3.63, 3.8) is 0 Å². The molecule has 0 spiro atoms. The summed E-state index contributed by atoms with van der Waals surface area (Å²) >= 11 is 5.67. The Kier molecular flexibility index (Phi) is 6.15. The molecule has 152 valence electrons. The van der Waals surface area contributed by atoms with Crippen LogP contribution in [0.15, 0.2) is 72.8 Å². The highest BCUT2D eigenvalue weighted by Crippen LogP contribution is 2.44. The molecule has 4 rings (SSSR count). The Hall–Kier alpha value is -3.11. The van der Waals surface area contributed by atoms with Gasteiger partial charge in [0.25, 0.3) is 0 Å². The zero-order valence-electron chi connectivity index (χ0n) is 16.3. The minimum absolute atomic E-state index is 0.0443. The summed E-state index contributed by atoms with van der Waals surface area (Å²) in [5.41, 5.74) is 5.49. The van der Waals surface area contributed by atoms with Crippen LogP contribution in [0.25, 0.3) is 17.2 Å². The molecule has 0 aliphatic heterocycles. The van der Waals surface area contributed by atoms with E-state index in [-0.39, 0.29) is 10.9 Å². The largest absolute Gasteiger partial charge is 0.449 e. The lowest BCUT2D eigenvalue weighted by atomic mass is 9.98. The van der Waals surface area contributed by atoms with Gasteiger partial charge in [-0.15, -0.1) is 0 Å². The highest BCUT2D eigenvalue weighted by Gasteiger charge is 2.28. The van der Waals surface area contributed by atoms with Crippen molar-refractivity contribution in [3.8, 4) is 11.1 Å². The second-order valence-electron chi connectivity index (χ2n) is 7.12. The number of fused-ring (bicyclic) bond motifs is 3. The van der Waals surface area contributed by atoms with Crippen LogP contribution in [0.4, 0.5) is 9.18 Å². The highest BCUT2D eigenvalue weighted by molar-refractivity contribution is 6.30. The van der Waals surface area contributed by atoms with Gasteiger partial charge in [0, 0.05) is 12.5 Å². The molecule has 0 aromatic heterocycles. The first kappa shape index (κ1) is 20.2. The Labute approximate surface area is 180 Å². The smallest absolute Gasteiger partial charge is 0.407 e. The van der Waals surface area contributed by atoms with Crippen LogP contribution in [-0.4, -0.2) is 19.2 Å². The molecule has 1 aliphatic carbocycles. The predicted octanol–water partition coefficient (Wildman–Crippen LogP) is 6.42. The summed E-state index contributed by atoms with van der Waals surface area (Å²) in [5, 5.41) is 2.85. The maximum absolute atomic E-state index is 13.4. The maximum atomic E-state index is 13.4. The van der Waals surface area contributed by atoms with Gasteiger partial charge in [0.2, 0.25) is 0 Å². The zero-order chi connectivity index (χ0) is 20.9. The van der Waals surface area contributed by atoms with E-state index in [9.17, 15) is 9.18 Å². The topological polar surface area (TPSA) is 38.3 Å². The minimum Gasteiger partial charge on any atom is -0.449 e. The fourth-order valence-electron chi connectivity index (χ4n) is 3.74. The number of halogens is 2. The molecule has 0 heterocycles. The van der Waals surface area contributed by atoms with Crippen LogP contribution in [0.3, 0.4) is 0 Å². The number of carbonyl (C=O) groups is 1. The number of carbonyl (C=O) groups excluding carboxylic acids is 1. The van der Waals surface area contributed by atoms with E-state index in [2.05, 4.69) is 29.6 Å². The number of hydrogen-bond acceptors (Lipinski definition) is 2. The van der Waals surface area contributed by atoms with Gasteiger partial charge in [-0.1, -0.05) is 78.4 Å². The van der Waals surface area contributed by atoms with Gasteiger partial charge in [-0.05, 0) is 46.4 Å². The van der Waals surface area contributed by atoms with Crippen molar-refractivity contribution < 1.29 is 13.9 Å². The molecule has 3 aromatic carbocycles. The van der Waals surface area contributed by atoms with Gasteiger partial charge in [-0.3, -0.25) is 0 Å². The molecular weight excluding hydrogens is 401 g/mol. The van der Waals surface area contributed by atoms with Crippen LogP contribution in [0.2, 0.25) is 5.02 Å². The Morgan fingerprint density at radius 2 is 1.70 bits per heavy atom. The number of amides is 1. The van der Waals surface area contributed by atoms with Crippen molar-refractivity contribution in [2.75, 3.05) is 13.2 Å². The monoisotopic (exact) mass is 421 g/mol. The zero-order valence-corrected chi connectivity index (χ0v) is 17.0. The normalized spacial score (nSPS) is 12.6. The van der Waals surface area contributed by atoms with Gasteiger partial charge < -0.3 is 10.1 Å². The van der Waals surface area contributed by atoms with Gasteiger partial charge >= 0.3 is 6.09 Å². The summed E-state index contributed by atoms with van der Waals surface area (Å²) in [7, 11) is 0. The first-order chi connectivity index (χ1) is 14.6. The molecule has 0 unspecified atom stereocenters. The van der Waals surface area contributed by atoms with Crippen LogP contribution < -0.4 is 5.32 Å². The average Bonchev–Trinajstić information content (AvgIpc) is 3.08. The summed E-state index contributed by atoms with van der Waals surface area (Å²) in [6.45, 7) is 0.725. The summed E-state index contributed by atoms with van der Waals surface area (Å²) in [4.78, 5) is 12.1. The highest BCUT2D eigenvalue weighted by atomic mass is 35.5. The SMILES string of the molecule is O=C(NCCC=Cc1ccc(Cl)c(F)c1)OCC1c2ccccc2-c2ccccc21. The van der Waals surface area contributed by atoms with Crippen molar-refractivity contribution in [3.05, 3.63) is 100 Å². The molecular formula is C25H21ClFNO2. The molecule has 1 aliphatic rings. The van der Waals surface area contributed by atoms with Gasteiger partial charge in [0.05, 0.1) is 5.02 Å². The van der Waals surface area contributed by atoms with E-state index in [0.29, 0.717) is 19.6 Å². The van der Waals surface area contributed by atoms with Crippen LogP contribution in [0, 0.1) is 5.82 Å². The molecule has 3 aromatic rings. The second kappa shape index (κ2) is 9.14. The first-order valence-corrected chi connectivity index (χ1v) is 10.2. The number of nitrogens with one attached hydrogen (secondary N) is 1. The molecule has 0 bridgehead atoms. The van der Waals surface area contributed by atoms with Gasteiger partial charge in [-0.2, -0.15) is 0 Å². The Balaban J connectivity index is 1.27. The van der Waals surface area contributed by atoms with E-state index in [0.717, 1.165) is 5.56 Å². The van der Waals surface area contributed by atoms with Crippen LogP contribution in [0.1, 0.15) is 29.0 Å². The van der Waals surface area contributed by atoms with Gasteiger partial charge in [0.15, 0.2) is 0 Å². The summed E-state index contributed by atoms with van der Waals surface area (Å²) in [6, 6.07) is 21.1. The van der Waals surface area contributed by atoms with Crippen molar-refractivity contribution >= 4 is 23.8 Å². The second-order valence-corrected chi connectivity index (χ2v) is 7.52. The molecule has 1 amide bonds. The van der Waals surface area contributed by atoms with Crippen LogP contribution in [-0.2, 0) is 4.74 Å². The lowest BCUT2D eigenvalue weighted by molar-refractivity contribution is 0.143. The van der Waals surface area contributed by atoms with E-state index >= 15 is 0 Å². The van der Waals surface area contributed by atoms with E-state index < -0.39 is 11.9 Å². The molecule has 0 radical (unpaired) electrons. The standard InChI is InChI=1S/C25H21ClFNO2/c26-23-13-12-17(15-24(23)27)7-5-6-14-28-25(29)30-16-22-20-10-3-1-8-18(20)19-9-2-4-11-21(19)22/h1-5,7-13,15,22H,6,14,16H2,(H,28,29). The lowest BCUT2D eigenvalue weighted by Crippen LogP contribution is -2.26. The Morgan fingerprint density at radius 1 is 1.03 bits per heavy atom. The molecule has 0 atom stereocenters. The quantitative estimate of drug-likeness (QED) is 0.466. The fraction of sp³-hybridized carbons (Fsp3) is 0.160. The molecule has 5 heteroatoms. The third kappa shape index (κ3) is 4.39. The van der Waals surface area contributed by atoms with E-state index in [1.54, 1.807) is 12.1 Å². The van der Waals surface area contributed by atoms with Crippen LogP contribution >= 0.6 is 11.6 Å². The van der Waals surface area contributed by atoms with Crippen LogP contribution in [0.5, 0.6) is 0 Å². The minimum atomic E-state index is -0.449. The Morgan fingerprint density at radius 3 is 2.37 bits per heavy atom. The van der Waals surface area contributed by atoms with Gasteiger partial charge in [-0.25, -0.2) is 9.18 Å². The first-order valence-electron chi connectivity index (χ1n) is 9.84. The number of ether oxygens (including phenoxy) is 1. The van der Waals surface area contributed by atoms with E-state index in [4.69, 9.17) is 16.3 Å². The molecule has 3 nitrogen and oxygen atoms in total. The van der Waals surface area contributed by atoms with E-state index in [1.165, 1.54) is 34.4 Å². The van der Waals surface area contributed by atoms with Gasteiger partial charge in [0.1, 0.15) is 12.4 Å². The molecule has 0 fully saturated rings. The Bertz CT molecular complexity index is 1050. The lowest BCUT2D eigenvalue weighted by Gasteiger charge is -2.14. The number of rotatable bonds is 6. The average molecular weight is 422 g/mol. The summed E-state index contributed by atoms with van der Waals surface area (Å²) < 4.78 is 18.9. The van der Waals surface area contributed by atoms with Crippen molar-refractivity contribution in [2.45, 2.75) is 12.3 Å². The maximum Gasteiger partial charge on any atom is 0.407 e. The van der Waals surface area contributed by atoms with E-state index in [1.807, 2.05) is 30.3 Å². The van der Waals surface area contributed by atoms with Crippen molar-refractivity contribution in [2.24, 2.45) is 0 Å². The molecule has 0 saturated carbocycles. The number of alkyl carbamates (subject to hydrolysis) is 1. The predicted molar refractivity (Wildman–Crippen MR) is 118 cm³/mol. The molecule has 30 heavy (non-hydrogen) atoms.